The predicted octanol–water partition coefficient (Wildman–Crippen LogP) is 4.05. The fourth-order valence-corrected chi connectivity index (χ4v) is 5.88. The van der Waals surface area contributed by atoms with Crippen LogP contribution in [0, 0.1) is 0 Å². The molecule has 7 nitrogen and oxygen atoms in total. The van der Waals surface area contributed by atoms with E-state index in [1.807, 2.05) is 52.7 Å². The van der Waals surface area contributed by atoms with E-state index in [-0.39, 0.29) is 17.9 Å². The SMILES string of the molecule is COc1ccc(N2CCN(C(=O)c3ccccc3N3CCC(NC(=O)Cc4cccs4)CC3)CC2)cc1. The molecule has 194 valence electrons. The smallest absolute Gasteiger partial charge is 0.256 e. The van der Waals surface area contributed by atoms with Gasteiger partial charge in [-0.3, -0.25) is 9.59 Å². The molecule has 3 heterocycles. The van der Waals surface area contributed by atoms with Crippen molar-refractivity contribution in [3.63, 3.8) is 0 Å². The topological polar surface area (TPSA) is 65.1 Å². The van der Waals surface area contributed by atoms with Crippen molar-refractivity contribution >= 4 is 34.5 Å². The number of anilines is 2. The summed E-state index contributed by atoms with van der Waals surface area (Å²) in [4.78, 5) is 33.6. The van der Waals surface area contributed by atoms with Gasteiger partial charge in [-0.2, -0.15) is 0 Å². The summed E-state index contributed by atoms with van der Waals surface area (Å²) in [5.74, 6) is 1.03. The van der Waals surface area contributed by atoms with Crippen molar-refractivity contribution in [1.29, 1.82) is 0 Å². The van der Waals surface area contributed by atoms with Crippen LogP contribution in [0.5, 0.6) is 5.75 Å². The molecule has 1 N–H and O–H groups in total. The van der Waals surface area contributed by atoms with Gasteiger partial charge < -0.3 is 24.8 Å². The summed E-state index contributed by atoms with van der Waals surface area (Å²) in [6.07, 6.45) is 2.19. The minimum atomic E-state index is 0.0882. The lowest BCUT2D eigenvalue weighted by Crippen LogP contribution is -2.49. The zero-order chi connectivity index (χ0) is 25.6. The summed E-state index contributed by atoms with van der Waals surface area (Å²) >= 11 is 1.61. The number of piperidine rings is 1. The number of hydrogen-bond donors (Lipinski definition) is 1. The number of carbonyl (C=O) groups excluding carboxylic acids is 2. The molecule has 0 spiro atoms. The third-order valence-corrected chi connectivity index (χ3v) is 8.13. The van der Waals surface area contributed by atoms with E-state index in [9.17, 15) is 9.59 Å². The Bertz CT molecular complexity index is 1180. The number of ether oxygens (including phenoxy) is 1. The number of nitrogens with zero attached hydrogens (tertiary/aromatic N) is 3. The van der Waals surface area contributed by atoms with Crippen molar-refractivity contribution in [3.05, 3.63) is 76.5 Å². The molecule has 1 aromatic heterocycles. The zero-order valence-electron chi connectivity index (χ0n) is 21.3. The molecule has 0 bridgehead atoms. The van der Waals surface area contributed by atoms with E-state index in [4.69, 9.17) is 4.74 Å². The molecule has 0 atom stereocenters. The Labute approximate surface area is 222 Å². The molecule has 0 unspecified atom stereocenters. The van der Waals surface area contributed by atoms with Gasteiger partial charge in [0, 0.05) is 61.6 Å². The van der Waals surface area contributed by atoms with Crippen LogP contribution in [-0.4, -0.2) is 69.1 Å². The third kappa shape index (κ3) is 6.07. The monoisotopic (exact) mass is 518 g/mol. The molecule has 2 aromatic carbocycles. The van der Waals surface area contributed by atoms with Crippen LogP contribution in [0.1, 0.15) is 28.1 Å². The van der Waals surface area contributed by atoms with Crippen LogP contribution in [0.3, 0.4) is 0 Å². The van der Waals surface area contributed by atoms with E-state index in [1.54, 1.807) is 18.4 Å². The van der Waals surface area contributed by atoms with E-state index < -0.39 is 0 Å². The fraction of sp³-hybridized carbons (Fsp3) is 0.379. The Kier molecular flexibility index (Phi) is 7.94. The molecule has 8 heteroatoms. The molecule has 2 aliphatic heterocycles. The summed E-state index contributed by atoms with van der Waals surface area (Å²) < 4.78 is 5.26. The van der Waals surface area contributed by atoms with Crippen molar-refractivity contribution in [3.8, 4) is 5.75 Å². The highest BCUT2D eigenvalue weighted by molar-refractivity contribution is 7.10. The number of rotatable bonds is 7. The first-order chi connectivity index (χ1) is 18.1. The minimum absolute atomic E-state index is 0.0882. The van der Waals surface area contributed by atoms with Gasteiger partial charge in [-0.15, -0.1) is 11.3 Å². The Hall–Kier alpha value is -3.52. The number of para-hydroxylation sites is 1. The molecule has 0 radical (unpaired) electrons. The maximum Gasteiger partial charge on any atom is 0.256 e. The van der Waals surface area contributed by atoms with Crippen LogP contribution in [-0.2, 0) is 11.2 Å². The van der Waals surface area contributed by atoms with Crippen LogP contribution in [0.15, 0.2) is 66.0 Å². The van der Waals surface area contributed by atoms with Crippen molar-refractivity contribution in [2.75, 3.05) is 56.2 Å². The third-order valence-electron chi connectivity index (χ3n) is 7.25. The lowest BCUT2D eigenvalue weighted by molar-refractivity contribution is -0.121. The molecule has 37 heavy (non-hydrogen) atoms. The van der Waals surface area contributed by atoms with Gasteiger partial charge in [-0.05, 0) is 60.7 Å². The molecular formula is C29H34N4O3S. The van der Waals surface area contributed by atoms with Gasteiger partial charge in [0.15, 0.2) is 0 Å². The Morgan fingerprint density at radius 1 is 0.892 bits per heavy atom. The van der Waals surface area contributed by atoms with E-state index in [1.165, 1.54) is 0 Å². The number of piperazine rings is 1. The quantitative estimate of drug-likeness (QED) is 0.511. The fourth-order valence-electron chi connectivity index (χ4n) is 5.18. The maximum atomic E-state index is 13.6. The Morgan fingerprint density at radius 2 is 1.62 bits per heavy atom. The van der Waals surface area contributed by atoms with Crippen molar-refractivity contribution in [1.82, 2.24) is 10.2 Å². The first-order valence-electron chi connectivity index (χ1n) is 12.9. The van der Waals surface area contributed by atoms with Crippen molar-refractivity contribution in [2.45, 2.75) is 25.3 Å². The average Bonchev–Trinajstić information content (AvgIpc) is 3.46. The molecule has 3 aromatic rings. The summed E-state index contributed by atoms with van der Waals surface area (Å²) in [6.45, 7) is 4.63. The maximum absolute atomic E-state index is 13.6. The first kappa shape index (κ1) is 25.1. The molecule has 0 aliphatic carbocycles. The largest absolute Gasteiger partial charge is 0.497 e. The number of hydrogen-bond acceptors (Lipinski definition) is 6. The Balaban J connectivity index is 1.16. The number of benzene rings is 2. The molecule has 2 fully saturated rings. The number of amides is 2. The molecule has 5 rings (SSSR count). The van der Waals surface area contributed by atoms with Gasteiger partial charge in [0.25, 0.3) is 5.91 Å². The van der Waals surface area contributed by atoms with Crippen molar-refractivity contribution in [2.24, 2.45) is 0 Å². The summed E-state index contributed by atoms with van der Waals surface area (Å²) in [6, 6.07) is 20.2. The molecular weight excluding hydrogens is 484 g/mol. The first-order valence-corrected chi connectivity index (χ1v) is 13.8. The second-order valence-corrected chi connectivity index (χ2v) is 10.6. The number of thiophene rings is 1. The predicted molar refractivity (Wildman–Crippen MR) is 149 cm³/mol. The van der Waals surface area contributed by atoms with E-state index in [0.717, 1.165) is 66.6 Å². The summed E-state index contributed by atoms with van der Waals surface area (Å²) in [5.41, 5.74) is 2.91. The van der Waals surface area contributed by atoms with Crippen LogP contribution < -0.4 is 19.9 Å². The van der Waals surface area contributed by atoms with E-state index in [2.05, 4.69) is 33.3 Å². The van der Waals surface area contributed by atoms with Gasteiger partial charge in [-0.1, -0.05) is 18.2 Å². The minimum Gasteiger partial charge on any atom is -0.497 e. The van der Waals surface area contributed by atoms with Gasteiger partial charge in [0.2, 0.25) is 5.91 Å². The second kappa shape index (κ2) is 11.7. The van der Waals surface area contributed by atoms with Crippen LogP contribution in [0.25, 0.3) is 0 Å². The zero-order valence-corrected chi connectivity index (χ0v) is 22.1. The van der Waals surface area contributed by atoms with Crippen molar-refractivity contribution < 1.29 is 14.3 Å². The molecule has 2 aliphatic rings. The second-order valence-electron chi connectivity index (χ2n) is 9.58. The molecule has 0 saturated carbocycles. The average molecular weight is 519 g/mol. The van der Waals surface area contributed by atoms with Gasteiger partial charge in [-0.25, -0.2) is 0 Å². The number of carbonyl (C=O) groups is 2. The highest BCUT2D eigenvalue weighted by atomic mass is 32.1. The highest BCUT2D eigenvalue weighted by Gasteiger charge is 2.27. The summed E-state index contributed by atoms with van der Waals surface area (Å²) in [5, 5.41) is 5.20. The van der Waals surface area contributed by atoms with Crippen LogP contribution >= 0.6 is 11.3 Å². The lowest BCUT2D eigenvalue weighted by atomic mass is 10.0. The Morgan fingerprint density at radius 3 is 2.30 bits per heavy atom. The molecule has 2 saturated heterocycles. The van der Waals surface area contributed by atoms with Crippen LogP contribution in [0.2, 0.25) is 0 Å². The van der Waals surface area contributed by atoms with Gasteiger partial charge >= 0.3 is 0 Å². The summed E-state index contributed by atoms with van der Waals surface area (Å²) in [7, 11) is 1.67. The number of methoxy groups -OCH3 is 1. The van der Waals surface area contributed by atoms with Crippen LogP contribution in [0.4, 0.5) is 11.4 Å². The van der Waals surface area contributed by atoms with E-state index in [0.29, 0.717) is 19.5 Å². The number of nitrogens with one attached hydrogen (secondary N) is 1. The normalized spacial score (nSPS) is 16.5. The molecule has 2 amide bonds. The lowest BCUT2D eigenvalue weighted by Gasteiger charge is -2.38. The van der Waals surface area contributed by atoms with Gasteiger partial charge in [0.1, 0.15) is 5.75 Å². The highest BCUT2D eigenvalue weighted by Crippen LogP contribution is 2.27. The van der Waals surface area contributed by atoms with Gasteiger partial charge in [0.05, 0.1) is 19.1 Å². The van der Waals surface area contributed by atoms with E-state index >= 15 is 0 Å². The standard InChI is InChI=1S/C29H34N4O3S/c1-36-24-10-8-23(9-11-24)31-16-18-33(19-17-31)29(35)26-6-2-3-7-27(26)32-14-12-22(13-15-32)30-28(34)21-25-5-4-20-37-25/h2-11,20,22H,12-19,21H2,1H3,(H,30,34).